The fourth-order valence-corrected chi connectivity index (χ4v) is 3.54. The zero-order valence-corrected chi connectivity index (χ0v) is 13.3. The molecule has 0 fully saturated rings. The summed E-state index contributed by atoms with van der Waals surface area (Å²) in [6.07, 6.45) is 0. The number of hydrogen-bond acceptors (Lipinski definition) is 3. The van der Waals surface area contributed by atoms with Crippen LogP contribution in [0.5, 0.6) is 0 Å². The van der Waals surface area contributed by atoms with Gasteiger partial charge in [0.15, 0.2) is 0 Å². The van der Waals surface area contributed by atoms with E-state index in [0.29, 0.717) is 0 Å². The van der Waals surface area contributed by atoms with Crippen LogP contribution in [-0.4, -0.2) is 9.97 Å². The molecule has 2 aromatic heterocycles. The third-order valence-corrected chi connectivity index (χ3v) is 4.94. The van der Waals surface area contributed by atoms with Crippen molar-refractivity contribution in [2.75, 3.05) is 0 Å². The van der Waals surface area contributed by atoms with E-state index in [2.05, 4.69) is 49.6 Å². The Bertz CT molecular complexity index is 789. The van der Waals surface area contributed by atoms with Gasteiger partial charge in [0, 0.05) is 27.3 Å². The number of rotatable bonds is 4. The lowest BCUT2D eigenvalue weighted by Gasteiger charge is -2.13. The number of aromatic amines is 2. The van der Waals surface area contributed by atoms with E-state index in [9.17, 15) is 4.79 Å². The van der Waals surface area contributed by atoms with Crippen LogP contribution in [0.4, 0.5) is 0 Å². The van der Waals surface area contributed by atoms with E-state index in [0.717, 1.165) is 27.6 Å². The quantitative estimate of drug-likeness (QED) is 0.673. The van der Waals surface area contributed by atoms with Gasteiger partial charge in [0.2, 0.25) is 0 Å². The summed E-state index contributed by atoms with van der Waals surface area (Å²) in [5.41, 5.74) is 2.68. The van der Waals surface area contributed by atoms with E-state index < -0.39 is 0 Å². The maximum Gasteiger partial charge on any atom is 0.323 e. The van der Waals surface area contributed by atoms with Gasteiger partial charge < -0.3 is 15.3 Å². The first-order valence-corrected chi connectivity index (χ1v) is 7.97. The summed E-state index contributed by atoms with van der Waals surface area (Å²) in [6, 6.07) is 8.32. The molecule has 1 aromatic carbocycles. The van der Waals surface area contributed by atoms with Gasteiger partial charge in [0.25, 0.3) is 0 Å². The second kappa shape index (κ2) is 5.55. The summed E-state index contributed by atoms with van der Waals surface area (Å²) < 4.78 is 1.12. The average Bonchev–Trinajstić information content (AvgIpc) is 2.99. The minimum atomic E-state index is -0.166. The summed E-state index contributed by atoms with van der Waals surface area (Å²) in [6.45, 7) is 2.95. The lowest BCUT2D eigenvalue weighted by molar-refractivity contribution is 0.579. The van der Waals surface area contributed by atoms with Crippen molar-refractivity contribution < 1.29 is 0 Å². The molecule has 0 saturated heterocycles. The van der Waals surface area contributed by atoms with Crippen LogP contribution in [0.3, 0.4) is 0 Å². The minimum absolute atomic E-state index is 0.166. The van der Waals surface area contributed by atoms with Gasteiger partial charge in [0.05, 0.1) is 11.0 Å². The SMILES string of the molecule is CC(NCc1cc(Br)cs1)c1ccc2[nH]c(=O)[nH]c2c1. The molecule has 3 rings (SSSR count). The van der Waals surface area contributed by atoms with Gasteiger partial charge in [-0.05, 0) is 46.6 Å². The van der Waals surface area contributed by atoms with Crippen molar-refractivity contribution in [3.05, 3.63) is 55.0 Å². The Morgan fingerprint density at radius 3 is 2.85 bits per heavy atom. The van der Waals surface area contributed by atoms with Crippen LogP contribution in [0.2, 0.25) is 0 Å². The van der Waals surface area contributed by atoms with Crippen molar-refractivity contribution in [1.82, 2.24) is 15.3 Å². The number of aromatic nitrogens is 2. The number of halogens is 1. The molecule has 4 nitrogen and oxygen atoms in total. The number of imidazole rings is 1. The summed E-state index contributed by atoms with van der Waals surface area (Å²) in [4.78, 5) is 18.1. The molecule has 3 aromatic rings. The van der Waals surface area contributed by atoms with Gasteiger partial charge in [-0.25, -0.2) is 4.79 Å². The number of thiophene rings is 1. The molecule has 20 heavy (non-hydrogen) atoms. The number of H-pyrrole nitrogens is 2. The molecule has 0 saturated carbocycles. The number of nitrogens with one attached hydrogen (secondary N) is 3. The lowest BCUT2D eigenvalue weighted by atomic mass is 10.1. The van der Waals surface area contributed by atoms with Gasteiger partial charge in [-0.3, -0.25) is 0 Å². The van der Waals surface area contributed by atoms with Crippen molar-refractivity contribution >= 4 is 38.3 Å². The van der Waals surface area contributed by atoms with E-state index in [1.165, 1.54) is 4.88 Å². The average molecular weight is 352 g/mol. The Morgan fingerprint density at radius 2 is 2.10 bits per heavy atom. The van der Waals surface area contributed by atoms with E-state index in [-0.39, 0.29) is 11.7 Å². The predicted molar refractivity (Wildman–Crippen MR) is 86.2 cm³/mol. The lowest BCUT2D eigenvalue weighted by Crippen LogP contribution is -2.17. The zero-order valence-electron chi connectivity index (χ0n) is 10.9. The monoisotopic (exact) mass is 351 g/mol. The van der Waals surface area contributed by atoms with Gasteiger partial charge >= 0.3 is 5.69 Å². The maximum absolute atomic E-state index is 11.3. The molecule has 0 aliphatic heterocycles. The summed E-state index contributed by atoms with van der Waals surface area (Å²) in [5, 5.41) is 5.57. The van der Waals surface area contributed by atoms with Crippen molar-refractivity contribution in [3.63, 3.8) is 0 Å². The normalized spacial score (nSPS) is 12.9. The van der Waals surface area contributed by atoms with Crippen molar-refractivity contribution in [2.24, 2.45) is 0 Å². The van der Waals surface area contributed by atoms with E-state index >= 15 is 0 Å². The molecule has 0 aliphatic carbocycles. The Hall–Kier alpha value is -1.37. The second-order valence-electron chi connectivity index (χ2n) is 4.72. The molecule has 104 valence electrons. The van der Waals surface area contributed by atoms with Gasteiger partial charge in [-0.15, -0.1) is 11.3 Å². The highest BCUT2D eigenvalue weighted by Crippen LogP contribution is 2.21. The van der Waals surface area contributed by atoms with Crippen LogP contribution >= 0.6 is 27.3 Å². The van der Waals surface area contributed by atoms with Gasteiger partial charge in [0.1, 0.15) is 0 Å². The highest BCUT2D eigenvalue weighted by molar-refractivity contribution is 9.10. The Morgan fingerprint density at radius 1 is 1.30 bits per heavy atom. The number of fused-ring (bicyclic) bond motifs is 1. The highest BCUT2D eigenvalue weighted by atomic mass is 79.9. The van der Waals surface area contributed by atoms with Gasteiger partial charge in [-0.1, -0.05) is 6.07 Å². The molecule has 1 unspecified atom stereocenters. The van der Waals surface area contributed by atoms with Crippen molar-refractivity contribution in [3.8, 4) is 0 Å². The molecule has 0 bridgehead atoms. The fraction of sp³-hybridized carbons (Fsp3) is 0.214. The molecule has 1 atom stereocenters. The number of benzene rings is 1. The molecule has 2 heterocycles. The summed E-state index contributed by atoms with van der Waals surface area (Å²) in [7, 11) is 0. The molecular weight excluding hydrogens is 338 g/mol. The van der Waals surface area contributed by atoms with Crippen LogP contribution in [0, 0.1) is 0 Å². The van der Waals surface area contributed by atoms with Crippen LogP contribution in [0.15, 0.2) is 38.9 Å². The Balaban J connectivity index is 1.74. The predicted octanol–water partition coefficient (Wildman–Crippen LogP) is 3.53. The topological polar surface area (TPSA) is 60.7 Å². The van der Waals surface area contributed by atoms with Crippen LogP contribution in [-0.2, 0) is 6.54 Å². The molecule has 0 spiro atoms. The highest BCUT2D eigenvalue weighted by Gasteiger charge is 2.08. The molecule has 0 amide bonds. The van der Waals surface area contributed by atoms with Crippen molar-refractivity contribution in [2.45, 2.75) is 19.5 Å². The number of hydrogen-bond donors (Lipinski definition) is 3. The molecule has 6 heteroatoms. The van der Waals surface area contributed by atoms with E-state index in [4.69, 9.17) is 0 Å². The van der Waals surface area contributed by atoms with Crippen LogP contribution in [0.1, 0.15) is 23.4 Å². The van der Waals surface area contributed by atoms with Crippen molar-refractivity contribution in [1.29, 1.82) is 0 Å². The fourth-order valence-electron chi connectivity index (χ4n) is 2.14. The molecule has 3 N–H and O–H groups in total. The largest absolute Gasteiger partial charge is 0.323 e. The summed E-state index contributed by atoms with van der Waals surface area (Å²) >= 11 is 5.19. The van der Waals surface area contributed by atoms with Crippen LogP contribution in [0.25, 0.3) is 11.0 Å². The van der Waals surface area contributed by atoms with E-state index in [1.807, 2.05) is 18.2 Å². The van der Waals surface area contributed by atoms with Crippen LogP contribution < -0.4 is 11.0 Å². The Labute approximate surface area is 128 Å². The summed E-state index contributed by atoms with van der Waals surface area (Å²) in [5.74, 6) is 0. The third-order valence-electron chi connectivity index (χ3n) is 3.24. The van der Waals surface area contributed by atoms with E-state index in [1.54, 1.807) is 11.3 Å². The smallest absolute Gasteiger partial charge is 0.306 e. The first kappa shape index (κ1) is 13.6. The molecular formula is C14H14BrN3OS. The standard InChI is InChI=1S/C14H14BrN3OS/c1-8(16-6-11-5-10(15)7-20-11)9-2-3-12-13(4-9)18-14(19)17-12/h2-5,7-8,16H,6H2,1H3,(H2,17,18,19). The van der Waals surface area contributed by atoms with Gasteiger partial charge in [-0.2, -0.15) is 0 Å². The Kier molecular flexibility index (Phi) is 3.78. The minimum Gasteiger partial charge on any atom is -0.306 e. The molecule has 0 aliphatic rings. The maximum atomic E-state index is 11.3. The first-order chi connectivity index (χ1) is 9.61. The first-order valence-electron chi connectivity index (χ1n) is 6.30. The third kappa shape index (κ3) is 2.87. The second-order valence-corrected chi connectivity index (χ2v) is 6.63. The zero-order chi connectivity index (χ0) is 14.1. The molecule has 0 radical (unpaired) electrons.